The van der Waals surface area contributed by atoms with Gasteiger partial charge in [0.05, 0.1) is 17.6 Å². The number of halogens is 1. The number of hydrogen-bond acceptors (Lipinski definition) is 2. The van der Waals surface area contributed by atoms with E-state index in [-0.39, 0.29) is 24.0 Å². The summed E-state index contributed by atoms with van der Waals surface area (Å²) in [5, 5.41) is 6.46. The fraction of sp³-hybridized carbons (Fsp3) is 0.467. The molecular formula is C15H24IN5. The summed E-state index contributed by atoms with van der Waals surface area (Å²) in [6.45, 7) is 9.50. The van der Waals surface area contributed by atoms with Gasteiger partial charge in [0.25, 0.3) is 0 Å². The summed E-state index contributed by atoms with van der Waals surface area (Å²) in [6.07, 6.45) is 0. The van der Waals surface area contributed by atoms with E-state index in [0.717, 1.165) is 43.5 Å². The lowest BCUT2D eigenvalue weighted by Crippen LogP contribution is -2.37. The molecule has 0 fully saturated rings. The molecule has 6 heteroatoms. The van der Waals surface area contributed by atoms with Gasteiger partial charge in [0, 0.05) is 19.6 Å². The van der Waals surface area contributed by atoms with Crippen LogP contribution in [0, 0.1) is 6.92 Å². The lowest BCUT2D eigenvalue weighted by molar-refractivity contribution is 0.696. The first kappa shape index (κ1) is 17.7. The highest BCUT2D eigenvalue weighted by Crippen LogP contribution is 2.14. The Labute approximate surface area is 143 Å². The van der Waals surface area contributed by atoms with Gasteiger partial charge in [-0.2, -0.15) is 0 Å². The van der Waals surface area contributed by atoms with Crippen LogP contribution in [0.15, 0.2) is 29.3 Å². The molecule has 0 saturated carbocycles. The first-order chi connectivity index (χ1) is 9.76. The predicted molar refractivity (Wildman–Crippen MR) is 99.5 cm³/mol. The molecule has 0 aliphatic carbocycles. The van der Waals surface area contributed by atoms with Crippen LogP contribution in [0.5, 0.6) is 0 Å². The maximum absolute atomic E-state index is 4.57. The Bertz CT molecular complexity index is 583. The van der Waals surface area contributed by atoms with Crippen LogP contribution in [-0.2, 0) is 6.54 Å². The van der Waals surface area contributed by atoms with Gasteiger partial charge in [-0.3, -0.25) is 4.99 Å². The molecule has 1 aromatic carbocycles. The molecule has 0 aliphatic heterocycles. The van der Waals surface area contributed by atoms with Crippen LogP contribution in [0.4, 0.5) is 0 Å². The minimum Gasteiger partial charge on any atom is -0.357 e. The number of para-hydroxylation sites is 2. The van der Waals surface area contributed by atoms with E-state index in [9.17, 15) is 0 Å². The van der Waals surface area contributed by atoms with Crippen molar-refractivity contribution in [3.05, 3.63) is 30.1 Å². The number of hydrogen-bond donors (Lipinski definition) is 2. The average molecular weight is 401 g/mol. The Kier molecular flexibility index (Phi) is 7.49. The fourth-order valence-corrected chi connectivity index (χ4v) is 2.25. The smallest absolute Gasteiger partial charge is 0.191 e. The zero-order chi connectivity index (χ0) is 14.4. The SMILES string of the molecule is CCNC(=NCCn1c(C)nc2ccccc21)NCC.I. The van der Waals surface area contributed by atoms with Crippen LogP contribution in [0.25, 0.3) is 11.0 Å². The van der Waals surface area contributed by atoms with E-state index in [1.165, 1.54) is 5.52 Å². The highest BCUT2D eigenvalue weighted by atomic mass is 127. The summed E-state index contributed by atoms with van der Waals surface area (Å²) >= 11 is 0. The molecule has 1 heterocycles. The van der Waals surface area contributed by atoms with Gasteiger partial charge in [0.15, 0.2) is 5.96 Å². The van der Waals surface area contributed by atoms with Crippen molar-refractivity contribution in [1.29, 1.82) is 0 Å². The average Bonchev–Trinajstić information content (AvgIpc) is 2.76. The third kappa shape index (κ3) is 4.59. The Hall–Kier alpha value is -1.31. The van der Waals surface area contributed by atoms with Crippen molar-refractivity contribution in [2.45, 2.75) is 27.3 Å². The number of nitrogens with one attached hydrogen (secondary N) is 2. The molecule has 5 nitrogen and oxygen atoms in total. The second-order valence-electron chi connectivity index (χ2n) is 4.59. The van der Waals surface area contributed by atoms with E-state index in [1.807, 2.05) is 25.1 Å². The van der Waals surface area contributed by atoms with Gasteiger partial charge in [-0.25, -0.2) is 4.98 Å². The summed E-state index contributed by atoms with van der Waals surface area (Å²) in [5.41, 5.74) is 2.22. The number of benzene rings is 1. The van der Waals surface area contributed by atoms with E-state index < -0.39 is 0 Å². The predicted octanol–water partition coefficient (Wildman–Crippen LogP) is 2.54. The van der Waals surface area contributed by atoms with Crippen molar-refractivity contribution >= 4 is 41.0 Å². The fourth-order valence-electron chi connectivity index (χ4n) is 2.25. The van der Waals surface area contributed by atoms with Crippen LogP contribution >= 0.6 is 24.0 Å². The first-order valence-corrected chi connectivity index (χ1v) is 7.20. The number of nitrogens with zero attached hydrogens (tertiary/aromatic N) is 3. The van der Waals surface area contributed by atoms with Crippen LogP contribution in [0.1, 0.15) is 19.7 Å². The van der Waals surface area contributed by atoms with E-state index in [4.69, 9.17) is 0 Å². The summed E-state index contributed by atoms with van der Waals surface area (Å²) in [4.78, 5) is 9.14. The van der Waals surface area contributed by atoms with Crippen molar-refractivity contribution < 1.29 is 0 Å². The maximum Gasteiger partial charge on any atom is 0.191 e. The van der Waals surface area contributed by atoms with Gasteiger partial charge in [-0.1, -0.05) is 12.1 Å². The molecule has 21 heavy (non-hydrogen) atoms. The molecule has 0 spiro atoms. The lowest BCUT2D eigenvalue weighted by atomic mass is 10.3. The summed E-state index contributed by atoms with van der Waals surface area (Å²) in [6, 6.07) is 8.22. The molecule has 1 aromatic heterocycles. The Morgan fingerprint density at radius 3 is 2.52 bits per heavy atom. The van der Waals surface area contributed by atoms with Gasteiger partial charge >= 0.3 is 0 Å². The van der Waals surface area contributed by atoms with E-state index in [2.05, 4.69) is 45.1 Å². The molecular weight excluding hydrogens is 377 g/mol. The van der Waals surface area contributed by atoms with Crippen LogP contribution in [0.2, 0.25) is 0 Å². The zero-order valence-corrected chi connectivity index (χ0v) is 15.2. The third-order valence-electron chi connectivity index (χ3n) is 3.13. The van der Waals surface area contributed by atoms with E-state index in [0.29, 0.717) is 0 Å². The molecule has 2 aromatic rings. The van der Waals surface area contributed by atoms with Crippen LogP contribution in [0.3, 0.4) is 0 Å². The Morgan fingerprint density at radius 2 is 1.86 bits per heavy atom. The number of rotatable bonds is 5. The number of aromatic nitrogens is 2. The molecule has 0 saturated heterocycles. The molecule has 0 unspecified atom stereocenters. The first-order valence-electron chi connectivity index (χ1n) is 7.20. The van der Waals surface area contributed by atoms with E-state index in [1.54, 1.807) is 0 Å². The number of guanidine groups is 1. The Balaban J connectivity index is 0.00000220. The van der Waals surface area contributed by atoms with Gasteiger partial charge < -0.3 is 15.2 Å². The molecule has 0 atom stereocenters. The summed E-state index contributed by atoms with van der Waals surface area (Å²) < 4.78 is 2.22. The van der Waals surface area contributed by atoms with Crippen molar-refractivity contribution in [2.24, 2.45) is 4.99 Å². The summed E-state index contributed by atoms with van der Waals surface area (Å²) in [7, 11) is 0. The Morgan fingerprint density at radius 1 is 1.19 bits per heavy atom. The third-order valence-corrected chi connectivity index (χ3v) is 3.13. The van der Waals surface area contributed by atoms with Crippen molar-refractivity contribution in [1.82, 2.24) is 20.2 Å². The van der Waals surface area contributed by atoms with Crippen LogP contribution in [-0.4, -0.2) is 35.1 Å². The van der Waals surface area contributed by atoms with Crippen molar-refractivity contribution in [3.63, 3.8) is 0 Å². The van der Waals surface area contributed by atoms with Gasteiger partial charge in [0.1, 0.15) is 5.82 Å². The minimum atomic E-state index is 0. The zero-order valence-electron chi connectivity index (χ0n) is 12.9. The number of fused-ring (bicyclic) bond motifs is 1. The van der Waals surface area contributed by atoms with Crippen molar-refractivity contribution in [2.75, 3.05) is 19.6 Å². The van der Waals surface area contributed by atoms with Gasteiger partial charge in [0.2, 0.25) is 0 Å². The van der Waals surface area contributed by atoms with Crippen molar-refractivity contribution in [3.8, 4) is 0 Å². The topological polar surface area (TPSA) is 54.2 Å². The molecule has 2 rings (SSSR count). The normalized spacial score (nSPS) is 10.0. The van der Waals surface area contributed by atoms with Crippen LogP contribution < -0.4 is 10.6 Å². The molecule has 0 bridgehead atoms. The molecule has 0 aliphatic rings. The van der Waals surface area contributed by atoms with E-state index >= 15 is 0 Å². The summed E-state index contributed by atoms with van der Waals surface area (Å²) in [5.74, 6) is 1.91. The number of imidazole rings is 1. The molecule has 116 valence electrons. The number of aliphatic imine (C=N–C) groups is 1. The monoisotopic (exact) mass is 401 g/mol. The quantitative estimate of drug-likeness (QED) is 0.460. The minimum absolute atomic E-state index is 0. The molecule has 0 amide bonds. The highest BCUT2D eigenvalue weighted by molar-refractivity contribution is 14.0. The number of aryl methyl sites for hydroxylation is 1. The molecule has 0 radical (unpaired) electrons. The lowest BCUT2D eigenvalue weighted by Gasteiger charge is -2.10. The largest absolute Gasteiger partial charge is 0.357 e. The second kappa shape index (κ2) is 8.86. The van der Waals surface area contributed by atoms with Gasteiger partial charge in [-0.15, -0.1) is 24.0 Å². The highest BCUT2D eigenvalue weighted by Gasteiger charge is 2.05. The second-order valence-corrected chi connectivity index (χ2v) is 4.59. The van der Waals surface area contributed by atoms with Gasteiger partial charge in [-0.05, 0) is 32.9 Å². The molecule has 2 N–H and O–H groups in total. The maximum atomic E-state index is 4.57. The standard InChI is InChI=1S/C15H23N5.HI/c1-4-16-15(17-5-2)18-10-11-20-12(3)19-13-8-6-7-9-14(13)20;/h6-9H,4-5,10-11H2,1-3H3,(H2,16,17,18);1H.